The van der Waals surface area contributed by atoms with E-state index in [0.29, 0.717) is 6.42 Å². The van der Waals surface area contributed by atoms with Crippen LogP contribution in [0.15, 0.2) is 0 Å². The van der Waals surface area contributed by atoms with Gasteiger partial charge in [0.1, 0.15) is 11.6 Å². The molecule has 0 bridgehead atoms. The first-order chi connectivity index (χ1) is 7.31. The zero-order chi connectivity index (χ0) is 12.5. The zero-order valence-corrected chi connectivity index (χ0v) is 9.32. The van der Waals surface area contributed by atoms with Crippen LogP contribution in [0.2, 0.25) is 0 Å². The fourth-order valence-electron chi connectivity index (χ4n) is 1.44. The third-order valence-corrected chi connectivity index (χ3v) is 2.80. The van der Waals surface area contributed by atoms with Crippen molar-refractivity contribution in [1.82, 2.24) is 10.2 Å². The van der Waals surface area contributed by atoms with Gasteiger partial charge in [-0.1, -0.05) is 6.92 Å². The van der Waals surface area contributed by atoms with Crippen LogP contribution in [0, 0.1) is 0 Å². The number of nitrogens with zero attached hydrogens (tertiary/aromatic N) is 1. The number of urea groups is 1. The minimum Gasteiger partial charge on any atom is -0.368 e. The number of hydrogen-bond donors (Lipinski definition) is 3. The lowest BCUT2D eigenvalue weighted by atomic mass is 9.99. The van der Waals surface area contributed by atoms with Gasteiger partial charge in [-0.25, -0.2) is 4.79 Å². The largest absolute Gasteiger partial charge is 0.368 e. The number of nitrogens with one attached hydrogen (secondary N) is 1. The molecule has 0 radical (unpaired) electrons. The van der Waals surface area contributed by atoms with Crippen molar-refractivity contribution in [1.29, 1.82) is 0 Å². The molecule has 0 saturated carbocycles. The van der Waals surface area contributed by atoms with E-state index in [2.05, 4.69) is 5.32 Å². The molecule has 4 amide bonds. The van der Waals surface area contributed by atoms with E-state index in [-0.39, 0.29) is 12.5 Å². The van der Waals surface area contributed by atoms with E-state index in [4.69, 9.17) is 11.5 Å². The summed E-state index contributed by atoms with van der Waals surface area (Å²) < 4.78 is 0. The van der Waals surface area contributed by atoms with Gasteiger partial charge in [0, 0.05) is 0 Å². The highest BCUT2D eigenvalue weighted by molar-refractivity contribution is 6.07. The molecule has 0 aromatic rings. The second-order valence-corrected chi connectivity index (χ2v) is 4.04. The van der Waals surface area contributed by atoms with E-state index in [0.717, 1.165) is 4.90 Å². The molecule has 0 aromatic carbocycles. The number of hydrogen-bond acceptors (Lipinski definition) is 4. The number of carbonyl (C=O) groups excluding carboxylic acids is 3. The molecule has 90 valence electrons. The van der Waals surface area contributed by atoms with Crippen LogP contribution in [0.4, 0.5) is 4.79 Å². The molecule has 1 saturated heterocycles. The molecular formula is C9H16N4O3. The van der Waals surface area contributed by atoms with Crippen LogP contribution in [0.25, 0.3) is 0 Å². The fourth-order valence-corrected chi connectivity index (χ4v) is 1.44. The molecule has 0 aromatic heterocycles. The predicted molar refractivity (Wildman–Crippen MR) is 56.1 cm³/mol. The fraction of sp³-hybridized carbons (Fsp3) is 0.667. The third kappa shape index (κ3) is 1.99. The molecule has 0 aliphatic carbocycles. The Morgan fingerprint density at radius 2 is 2.12 bits per heavy atom. The average Bonchev–Trinajstić information content (AvgIpc) is 2.42. The van der Waals surface area contributed by atoms with Crippen LogP contribution in [-0.4, -0.2) is 40.9 Å². The lowest BCUT2D eigenvalue weighted by Crippen LogP contribution is -2.49. The van der Waals surface area contributed by atoms with Crippen molar-refractivity contribution in [2.75, 3.05) is 6.54 Å². The van der Waals surface area contributed by atoms with E-state index in [1.165, 1.54) is 0 Å². The van der Waals surface area contributed by atoms with Gasteiger partial charge in [0.25, 0.3) is 5.91 Å². The van der Waals surface area contributed by atoms with Crippen LogP contribution in [-0.2, 0) is 9.59 Å². The summed E-state index contributed by atoms with van der Waals surface area (Å²) in [6.07, 6.45) is 0.472. The monoisotopic (exact) mass is 228 g/mol. The highest BCUT2D eigenvalue weighted by Crippen LogP contribution is 2.20. The Morgan fingerprint density at radius 3 is 2.50 bits per heavy atom. The summed E-state index contributed by atoms with van der Waals surface area (Å²) in [5, 5.41) is 2.55. The Kier molecular flexibility index (Phi) is 3.18. The highest BCUT2D eigenvalue weighted by Gasteiger charge is 2.46. The summed E-state index contributed by atoms with van der Waals surface area (Å²) in [4.78, 5) is 35.1. The molecule has 16 heavy (non-hydrogen) atoms. The molecule has 7 nitrogen and oxygen atoms in total. The van der Waals surface area contributed by atoms with Gasteiger partial charge in [-0.05, 0) is 13.3 Å². The molecule has 2 atom stereocenters. The van der Waals surface area contributed by atoms with Gasteiger partial charge in [-0.15, -0.1) is 0 Å². The van der Waals surface area contributed by atoms with Gasteiger partial charge >= 0.3 is 6.03 Å². The van der Waals surface area contributed by atoms with Crippen LogP contribution in [0.5, 0.6) is 0 Å². The Labute approximate surface area is 93.1 Å². The van der Waals surface area contributed by atoms with Crippen molar-refractivity contribution >= 4 is 17.8 Å². The van der Waals surface area contributed by atoms with Crippen molar-refractivity contribution in [3.63, 3.8) is 0 Å². The molecule has 1 aliphatic heterocycles. The summed E-state index contributed by atoms with van der Waals surface area (Å²) in [7, 11) is 0. The molecule has 0 spiro atoms. The molecule has 5 N–H and O–H groups in total. The first-order valence-corrected chi connectivity index (χ1v) is 5.01. The second-order valence-electron chi connectivity index (χ2n) is 4.04. The van der Waals surface area contributed by atoms with Crippen LogP contribution < -0.4 is 16.8 Å². The van der Waals surface area contributed by atoms with Gasteiger partial charge in [-0.3, -0.25) is 14.5 Å². The lowest BCUT2D eigenvalue weighted by molar-refractivity contribution is -0.131. The van der Waals surface area contributed by atoms with Gasteiger partial charge in [0.15, 0.2) is 0 Å². The first kappa shape index (κ1) is 12.4. The topological polar surface area (TPSA) is 119 Å². The SMILES string of the molecule is CCC1(C)NC(=O)N(CC(N)C(N)=O)C1=O. The summed E-state index contributed by atoms with van der Waals surface area (Å²) in [6.45, 7) is 3.23. The molecule has 1 fully saturated rings. The normalized spacial score (nSPS) is 26.8. The minimum absolute atomic E-state index is 0.185. The zero-order valence-electron chi connectivity index (χ0n) is 9.32. The van der Waals surface area contributed by atoms with Gasteiger partial charge in [-0.2, -0.15) is 0 Å². The van der Waals surface area contributed by atoms with E-state index in [9.17, 15) is 14.4 Å². The summed E-state index contributed by atoms with van der Waals surface area (Å²) in [5.41, 5.74) is 9.47. The maximum absolute atomic E-state index is 11.9. The van der Waals surface area contributed by atoms with Crippen molar-refractivity contribution in [3.8, 4) is 0 Å². The van der Waals surface area contributed by atoms with Crippen molar-refractivity contribution < 1.29 is 14.4 Å². The maximum atomic E-state index is 11.9. The number of amides is 4. The molecule has 2 unspecified atom stereocenters. The van der Waals surface area contributed by atoms with E-state index in [1.54, 1.807) is 13.8 Å². The lowest BCUT2D eigenvalue weighted by Gasteiger charge is -2.20. The molecule has 1 heterocycles. The maximum Gasteiger partial charge on any atom is 0.325 e. The number of primary amides is 1. The quantitative estimate of drug-likeness (QED) is 0.508. The minimum atomic E-state index is -1.03. The molecule has 1 aliphatic rings. The highest BCUT2D eigenvalue weighted by atomic mass is 16.2. The summed E-state index contributed by atoms with van der Waals surface area (Å²) in [5.74, 6) is -1.12. The van der Waals surface area contributed by atoms with E-state index >= 15 is 0 Å². The Hall–Kier alpha value is -1.63. The van der Waals surface area contributed by atoms with Crippen LogP contribution in [0.3, 0.4) is 0 Å². The van der Waals surface area contributed by atoms with Crippen LogP contribution in [0.1, 0.15) is 20.3 Å². The Bertz CT molecular complexity index is 344. The van der Waals surface area contributed by atoms with Crippen molar-refractivity contribution in [2.24, 2.45) is 11.5 Å². The molecular weight excluding hydrogens is 212 g/mol. The number of rotatable bonds is 4. The van der Waals surface area contributed by atoms with Gasteiger partial charge in [0.05, 0.1) is 6.54 Å². The Balaban J connectivity index is 2.80. The smallest absolute Gasteiger partial charge is 0.325 e. The first-order valence-electron chi connectivity index (χ1n) is 5.01. The summed E-state index contributed by atoms with van der Waals surface area (Å²) >= 11 is 0. The second kappa shape index (κ2) is 4.09. The predicted octanol–water partition coefficient (Wildman–Crippen LogP) is -1.48. The standard InChI is InChI=1S/C9H16N4O3/c1-3-9(2)7(15)13(8(16)12-9)4-5(10)6(11)14/h5H,3-4,10H2,1-2H3,(H2,11,14)(H,12,16). The van der Waals surface area contributed by atoms with Gasteiger partial charge in [0.2, 0.25) is 5.91 Å². The van der Waals surface area contributed by atoms with Crippen molar-refractivity contribution in [3.05, 3.63) is 0 Å². The Morgan fingerprint density at radius 1 is 1.56 bits per heavy atom. The number of carbonyl (C=O) groups is 3. The average molecular weight is 228 g/mol. The van der Waals surface area contributed by atoms with Gasteiger partial charge < -0.3 is 16.8 Å². The van der Waals surface area contributed by atoms with Crippen molar-refractivity contribution in [2.45, 2.75) is 31.8 Å². The van der Waals surface area contributed by atoms with E-state index < -0.39 is 23.5 Å². The molecule has 7 heteroatoms. The molecule has 1 rings (SSSR count). The van der Waals surface area contributed by atoms with Crippen LogP contribution >= 0.6 is 0 Å². The van der Waals surface area contributed by atoms with E-state index in [1.807, 2.05) is 0 Å². The number of nitrogens with two attached hydrogens (primary N) is 2. The third-order valence-electron chi connectivity index (χ3n) is 2.80. The number of imide groups is 1. The summed E-state index contributed by atoms with van der Waals surface area (Å²) in [6, 6.07) is -1.57.